The Bertz CT molecular complexity index is 1190. The monoisotopic (exact) mass is 565 g/mol. The lowest BCUT2D eigenvalue weighted by atomic mass is 10.0. The third-order valence-electron chi connectivity index (χ3n) is 6.83. The molecule has 2 aromatic carbocycles. The van der Waals surface area contributed by atoms with E-state index in [2.05, 4.69) is 10.0 Å². The zero-order chi connectivity index (χ0) is 28.6. The SMILES string of the molecule is CNC[C@H]1OCCCC[C@H](C)Oc2ccc(NS(=O)(=O)c3ccc(F)cc3)cc2C(=O)N([C@@H](C)CO)C[C@@H]1C. The third kappa shape index (κ3) is 8.38. The third-order valence-corrected chi connectivity index (χ3v) is 8.23. The quantitative estimate of drug-likeness (QED) is 0.469. The van der Waals surface area contributed by atoms with Crippen molar-refractivity contribution in [3.63, 3.8) is 0 Å². The van der Waals surface area contributed by atoms with Crippen LogP contribution in [0.3, 0.4) is 0 Å². The lowest BCUT2D eigenvalue weighted by molar-refractivity contribution is -0.000450. The maximum Gasteiger partial charge on any atom is 0.261 e. The summed E-state index contributed by atoms with van der Waals surface area (Å²) in [6, 6.07) is 8.52. The molecule has 0 saturated carbocycles. The van der Waals surface area contributed by atoms with Crippen LogP contribution in [0.5, 0.6) is 5.75 Å². The summed E-state index contributed by atoms with van der Waals surface area (Å²) in [7, 11) is -2.18. The van der Waals surface area contributed by atoms with Gasteiger partial charge in [-0.05, 0) is 82.6 Å². The number of aliphatic hydroxyl groups is 1. The summed E-state index contributed by atoms with van der Waals surface area (Å²) >= 11 is 0. The summed E-state index contributed by atoms with van der Waals surface area (Å²) in [6.45, 7) is 6.96. The Balaban J connectivity index is 2.02. The number of sulfonamides is 1. The predicted molar refractivity (Wildman–Crippen MR) is 148 cm³/mol. The summed E-state index contributed by atoms with van der Waals surface area (Å²) in [5.74, 6) is -0.664. The second kappa shape index (κ2) is 14.1. The van der Waals surface area contributed by atoms with E-state index in [0.29, 0.717) is 25.4 Å². The molecule has 0 fully saturated rings. The van der Waals surface area contributed by atoms with Crippen LogP contribution in [0.15, 0.2) is 47.4 Å². The number of hydrogen-bond acceptors (Lipinski definition) is 7. The van der Waals surface area contributed by atoms with E-state index in [0.717, 1.165) is 31.4 Å². The van der Waals surface area contributed by atoms with Crippen molar-refractivity contribution in [2.24, 2.45) is 5.92 Å². The highest BCUT2D eigenvalue weighted by atomic mass is 32.2. The number of nitrogens with zero attached hydrogens (tertiary/aromatic N) is 1. The molecule has 39 heavy (non-hydrogen) atoms. The van der Waals surface area contributed by atoms with Crippen LogP contribution in [0.4, 0.5) is 10.1 Å². The van der Waals surface area contributed by atoms with Crippen molar-refractivity contribution in [1.29, 1.82) is 0 Å². The molecule has 3 rings (SSSR count). The molecule has 1 heterocycles. The minimum absolute atomic E-state index is 0.0539. The van der Waals surface area contributed by atoms with Gasteiger partial charge in [0.15, 0.2) is 0 Å². The van der Waals surface area contributed by atoms with E-state index in [1.807, 2.05) is 20.9 Å². The Morgan fingerprint density at radius 2 is 1.87 bits per heavy atom. The van der Waals surface area contributed by atoms with Crippen molar-refractivity contribution in [1.82, 2.24) is 10.2 Å². The molecule has 0 spiro atoms. The fourth-order valence-corrected chi connectivity index (χ4v) is 5.55. The molecule has 2 aromatic rings. The molecule has 1 aliphatic rings. The zero-order valence-corrected chi connectivity index (χ0v) is 23.8. The van der Waals surface area contributed by atoms with Crippen LogP contribution < -0.4 is 14.8 Å². The van der Waals surface area contributed by atoms with Gasteiger partial charge in [-0.3, -0.25) is 9.52 Å². The first-order chi connectivity index (χ1) is 18.6. The fraction of sp³-hybridized carbons (Fsp3) is 0.536. The Morgan fingerprint density at radius 1 is 1.15 bits per heavy atom. The Labute approximate surface area is 230 Å². The number of halogens is 1. The zero-order valence-electron chi connectivity index (χ0n) is 23.0. The highest BCUT2D eigenvalue weighted by Crippen LogP contribution is 2.29. The molecule has 216 valence electrons. The lowest BCUT2D eigenvalue weighted by Gasteiger charge is -2.34. The van der Waals surface area contributed by atoms with E-state index in [1.165, 1.54) is 24.3 Å². The second-order valence-corrected chi connectivity index (χ2v) is 11.8. The van der Waals surface area contributed by atoms with Crippen LogP contribution in [0.2, 0.25) is 0 Å². The summed E-state index contributed by atoms with van der Waals surface area (Å²) in [6.07, 6.45) is 2.17. The number of carbonyl (C=O) groups is 1. The normalized spacial score (nSPS) is 22.4. The van der Waals surface area contributed by atoms with Gasteiger partial charge in [0.25, 0.3) is 15.9 Å². The van der Waals surface area contributed by atoms with E-state index in [9.17, 15) is 22.7 Å². The molecule has 0 aliphatic carbocycles. The van der Waals surface area contributed by atoms with Gasteiger partial charge in [0.05, 0.1) is 35.3 Å². The van der Waals surface area contributed by atoms with Crippen molar-refractivity contribution >= 4 is 21.6 Å². The van der Waals surface area contributed by atoms with Crippen molar-refractivity contribution in [3.05, 3.63) is 53.8 Å². The first-order valence-corrected chi connectivity index (χ1v) is 14.8. The number of hydrogen-bond donors (Lipinski definition) is 3. The van der Waals surface area contributed by atoms with Gasteiger partial charge in [-0.15, -0.1) is 0 Å². The van der Waals surface area contributed by atoms with Crippen molar-refractivity contribution in [2.45, 2.75) is 63.2 Å². The van der Waals surface area contributed by atoms with Crippen LogP contribution >= 0.6 is 0 Å². The van der Waals surface area contributed by atoms with Gasteiger partial charge in [-0.2, -0.15) is 0 Å². The number of fused-ring (bicyclic) bond motifs is 1. The van der Waals surface area contributed by atoms with E-state index >= 15 is 0 Å². The van der Waals surface area contributed by atoms with E-state index in [-0.39, 0.29) is 40.9 Å². The number of ether oxygens (including phenoxy) is 2. The molecule has 0 aromatic heterocycles. The van der Waals surface area contributed by atoms with Crippen LogP contribution in [-0.4, -0.2) is 75.9 Å². The first-order valence-electron chi connectivity index (χ1n) is 13.3. The topological polar surface area (TPSA) is 117 Å². The summed E-state index contributed by atoms with van der Waals surface area (Å²) in [5.41, 5.74) is 0.335. The average molecular weight is 566 g/mol. The molecule has 4 atom stereocenters. The molecule has 0 unspecified atom stereocenters. The van der Waals surface area contributed by atoms with Gasteiger partial charge in [-0.25, -0.2) is 12.8 Å². The maximum absolute atomic E-state index is 14.0. The summed E-state index contributed by atoms with van der Waals surface area (Å²) < 4.78 is 54.0. The molecule has 1 aliphatic heterocycles. The van der Waals surface area contributed by atoms with Gasteiger partial charge in [0.2, 0.25) is 0 Å². The molecule has 11 heteroatoms. The smallest absolute Gasteiger partial charge is 0.261 e. The molecular weight excluding hydrogens is 525 g/mol. The summed E-state index contributed by atoms with van der Waals surface area (Å²) in [5, 5.41) is 13.1. The standard InChI is InChI=1S/C28H40FN3O6S/c1-19-17-32(20(2)18-33)28(34)25-15-23(31-39(35,36)24-11-8-22(29)9-12-24)10-13-26(25)38-21(3)7-5-6-14-37-27(19)16-30-4/h8-13,15,19-21,27,30-31,33H,5-7,14,16-18H2,1-4H3/t19-,20-,21-,27+/m0/s1. The average Bonchev–Trinajstić information content (AvgIpc) is 2.90. The second-order valence-electron chi connectivity index (χ2n) is 10.1. The minimum atomic E-state index is -4.04. The number of carbonyl (C=O) groups excluding carboxylic acids is 1. The predicted octanol–water partition coefficient (Wildman–Crippen LogP) is 3.64. The van der Waals surface area contributed by atoms with Gasteiger partial charge in [-0.1, -0.05) is 6.92 Å². The highest BCUT2D eigenvalue weighted by molar-refractivity contribution is 7.92. The number of rotatable bonds is 7. The molecule has 0 bridgehead atoms. The summed E-state index contributed by atoms with van der Waals surface area (Å²) in [4.78, 5) is 15.5. The van der Waals surface area contributed by atoms with Crippen molar-refractivity contribution in [2.75, 3.05) is 38.1 Å². The fourth-order valence-electron chi connectivity index (χ4n) is 4.51. The van der Waals surface area contributed by atoms with Crippen LogP contribution in [0, 0.1) is 11.7 Å². The van der Waals surface area contributed by atoms with Crippen molar-refractivity contribution < 1.29 is 32.2 Å². The van der Waals surface area contributed by atoms with Crippen LogP contribution in [0.25, 0.3) is 0 Å². The molecule has 0 saturated heterocycles. The van der Waals surface area contributed by atoms with E-state index in [1.54, 1.807) is 17.9 Å². The van der Waals surface area contributed by atoms with Crippen LogP contribution in [-0.2, 0) is 14.8 Å². The molecule has 3 N–H and O–H groups in total. The Hall–Kier alpha value is -2.73. The molecular formula is C28H40FN3O6S. The lowest BCUT2D eigenvalue weighted by Crippen LogP contribution is -2.47. The molecule has 9 nitrogen and oxygen atoms in total. The number of amides is 1. The first kappa shape index (κ1) is 30.8. The Kier molecular flexibility index (Phi) is 11.1. The molecule has 0 radical (unpaired) electrons. The number of likely N-dealkylation sites (N-methyl/N-ethyl adjacent to an activating group) is 1. The largest absolute Gasteiger partial charge is 0.490 e. The number of anilines is 1. The molecule has 1 amide bonds. The Morgan fingerprint density at radius 3 is 2.54 bits per heavy atom. The van der Waals surface area contributed by atoms with Gasteiger partial charge in [0.1, 0.15) is 11.6 Å². The highest BCUT2D eigenvalue weighted by Gasteiger charge is 2.30. The van der Waals surface area contributed by atoms with E-state index in [4.69, 9.17) is 9.47 Å². The number of nitrogens with one attached hydrogen (secondary N) is 2. The van der Waals surface area contributed by atoms with Gasteiger partial charge < -0.3 is 24.8 Å². The maximum atomic E-state index is 14.0. The van der Waals surface area contributed by atoms with Crippen LogP contribution in [0.1, 0.15) is 50.4 Å². The van der Waals surface area contributed by atoms with Gasteiger partial charge in [0, 0.05) is 31.3 Å². The minimum Gasteiger partial charge on any atom is -0.490 e. The number of aliphatic hydroxyl groups excluding tert-OH is 1. The van der Waals surface area contributed by atoms with Gasteiger partial charge >= 0.3 is 0 Å². The number of benzene rings is 2. The van der Waals surface area contributed by atoms with Crippen molar-refractivity contribution in [3.8, 4) is 5.75 Å². The van der Waals surface area contributed by atoms with E-state index < -0.39 is 27.8 Å².